The normalized spacial score (nSPS) is 60.4. The van der Waals surface area contributed by atoms with Crippen molar-refractivity contribution in [1.29, 1.82) is 0 Å². The maximum absolute atomic E-state index is 10.5. The summed E-state index contributed by atoms with van der Waals surface area (Å²) in [4.78, 5) is 0. The van der Waals surface area contributed by atoms with Crippen molar-refractivity contribution in [1.82, 2.24) is 0 Å². The molecule has 3 rings (SSSR count). The summed E-state index contributed by atoms with van der Waals surface area (Å²) in [5, 5.41) is 20.6. The second kappa shape index (κ2) is 3.27. The summed E-state index contributed by atoms with van der Waals surface area (Å²) in [5.74, 6) is 1.68. The van der Waals surface area contributed by atoms with E-state index in [1.165, 1.54) is 6.42 Å². The smallest absolute Gasteiger partial charge is 0.0600 e. The molecule has 2 nitrogen and oxygen atoms in total. The lowest BCUT2D eigenvalue weighted by Crippen LogP contribution is -2.64. The minimum absolute atomic E-state index is 0.172. The molecule has 0 aromatic rings. The van der Waals surface area contributed by atoms with Crippen molar-refractivity contribution in [3.05, 3.63) is 0 Å². The van der Waals surface area contributed by atoms with Crippen LogP contribution >= 0.6 is 0 Å². The maximum atomic E-state index is 10.5. The van der Waals surface area contributed by atoms with Crippen LogP contribution in [0.3, 0.4) is 0 Å². The van der Waals surface area contributed by atoms with Gasteiger partial charge in [0.2, 0.25) is 0 Å². The second-order valence-electron chi connectivity index (χ2n) is 8.00. The van der Waals surface area contributed by atoms with Crippen LogP contribution in [-0.4, -0.2) is 22.4 Å². The zero-order valence-electron chi connectivity index (χ0n) is 11.5. The van der Waals surface area contributed by atoms with Gasteiger partial charge < -0.3 is 10.2 Å². The fourth-order valence-corrected chi connectivity index (χ4v) is 5.64. The summed E-state index contributed by atoms with van der Waals surface area (Å²) < 4.78 is 0. The number of aliphatic hydroxyl groups is 2. The minimum Gasteiger partial charge on any atom is -0.393 e. The van der Waals surface area contributed by atoms with Gasteiger partial charge in [-0.25, -0.2) is 0 Å². The molecule has 0 amide bonds. The standard InChI is InChI=1S/C15H26O2/c1-8-12-11(16)7-15(12,4)10-6-14(2,3)5-9(10)13(8)17/h8-13,16-17H,5-7H2,1-4H3/t8-,9+,10-,11-,12+,13+,15+/m1/s1. The minimum atomic E-state index is -0.199. The van der Waals surface area contributed by atoms with Gasteiger partial charge in [0.05, 0.1) is 12.2 Å². The zero-order valence-corrected chi connectivity index (χ0v) is 11.5. The molecule has 17 heavy (non-hydrogen) atoms. The van der Waals surface area contributed by atoms with E-state index in [9.17, 15) is 10.2 Å². The molecule has 0 aromatic carbocycles. The van der Waals surface area contributed by atoms with Crippen molar-refractivity contribution in [3.63, 3.8) is 0 Å². The monoisotopic (exact) mass is 238 g/mol. The molecule has 7 atom stereocenters. The van der Waals surface area contributed by atoms with Gasteiger partial charge in [0.15, 0.2) is 0 Å². The molecule has 0 unspecified atom stereocenters. The van der Waals surface area contributed by atoms with E-state index in [0.717, 1.165) is 12.8 Å². The number of hydrogen-bond acceptors (Lipinski definition) is 2. The van der Waals surface area contributed by atoms with Crippen molar-refractivity contribution in [2.24, 2.45) is 34.5 Å². The Labute approximate surface area is 104 Å². The van der Waals surface area contributed by atoms with Gasteiger partial charge >= 0.3 is 0 Å². The largest absolute Gasteiger partial charge is 0.393 e. The summed E-state index contributed by atoms with van der Waals surface area (Å²) >= 11 is 0. The molecule has 3 aliphatic carbocycles. The third kappa shape index (κ3) is 1.40. The summed E-state index contributed by atoms with van der Waals surface area (Å²) in [6.45, 7) is 9.15. The van der Waals surface area contributed by atoms with Gasteiger partial charge in [-0.3, -0.25) is 0 Å². The van der Waals surface area contributed by atoms with E-state index in [1.54, 1.807) is 0 Å². The molecule has 2 heteroatoms. The van der Waals surface area contributed by atoms with Crippen LogP contribution in [0.4, 0.5) is 0 Å². The van der Waals surface area contributed by atoms with Crippen LogP contribution in [0.25, 0.3) is 0 Å². The molecule has 0 aromatic heterocycles. The van der Waals surface area contributed by atoms with Crippen molar-refractivity contribution < 1.29 is 10.2 Å². The predicted molar refractivity (Wildman–Crippen MR) is 67.4 cm³/mol. The Kier molecular flexibility index (Phi) is 2.30. The Balaban J connectivity index is 1.95. The van der Waals surface area contributed by atoms with E-state index < -0.39 is 0 Å². The number of fused-ring (bicyclic) bond motifs is 3. The fourth-order valence-electron chi connectivity index (χ4n) is 5.64. The molecule has 3 fully saturated rings. The van der Waals surface area contributed by atoms with E-state index in [1.807, 2.05) is 0 Å². The zero-order chi connectivity index (χ0) is 12.6. The van der Waals surface area contributed by atoms with E-state index in [0.29, 0.717) is 23.2 Å². The highest BCUT2D eigenvalue weighted by atomic mass is 16.3. The molecular formula is C15H26O2. The maximum Gasteiger partial charge on any atom is 0.0600 e. The predicted octanol–water partition coefficient (Wildman–Crippen LogP) is 2.44. The van der Waals surface area contributed by atoms with Gasteiger partial charge in [0.25, 0.3) is 0 Å². The van der Waals surface area contributed by atoms with Crippen LogP contribution in [0.15, 0.2) is 0 Å². The van der Waals surface area contributed by atoms with E-state index in [-0.39, 0.29) is 23.5 Å². The van der Waals surface area contributed by atoms with Crippen LogP contribution in [0.5, 0.6) is 0 Å². The molecule has 0 radical (unpaired) electrons. The van der Waals surface area contributed by atoms with E-state index >= 15 is 0 Å². The van der Waals surface area contributed by atoms with Gasteiger partial charge in [0, 0.05) is 0 Å². The molecule has 3 aliphatic rings. The topological polar surface area (TPSA) is 40.5 Å². The summed E-state index contributed by atoms with van der Waals surface area (Å²) in [7, 11) is 0. The third-order valence-electron chi connectivity index (χ3n) is 6.29. The van der Waals surface area contributed by atoms with Crippen molar-refractivity contribution in [2.45, 2.75) is 59.2 Å². The van der Waals surface area contributed by atoms with Gasteiger partial charge in [-0.05, 0) is 53.8 Å². The third-order valence-corrected chi connectivity index (χ3v) is 6.29. The average Bonchev–Trinajstić information content (AvgIpc) is 2.51. The Morgan fingerprint density at radius 1 is 1.00 bits per heavy atom. The number of hydrogen-bond donors (Lipinski definition) is 2. The highest BCUT2D eigenvalue weighted by Gasteiger charge is 2.65. The average molecular weight is 238 g/mol. The van der Waals surface area contributed by atoms with Gasteiger partial charge in [-0.15, -0.1) is 0 Å². The Bertz CT molecular complexity index is 338. The molecule has 0 spiro atoms. The summed E-state index contributed by atoms with van der Waals surface area (Å²) in [6, 6.07) is 0. The van der Waals surface area contributed by atoms with Gasteiger partial charge in [0.1, 0.15) is 0 Å². The Morgan fingerprint density at radius 3 is 2.24 bits per heavy atom. The lowest BCUT2D eigenvalue weighted by Gasteiger charge is -2.63. The molecule has 2 N–H and O–H groups in total. The van der Waals surface area contributed by atoms with E-state index in [2.05, 4.69) is 27.7 Å². The van der Waals surface area contributed by atoms with Crippen molar-refractivity contribution >= 4 is 0 Å². The molecule has 3 saturated carbocycles. The van der Waals surface area contributed by atoms with Gasteiger partial charge in [-0.2, -0.15) is 0 Å². The van der Waals surface area contributed by atoms with Crippen LogP contribution < -0.4 is 0 Å². The van der Waals surface area contributed by atoms with E-state index in [4.69, 9.17) is 0 Å². The second-order valence-corrected chi connectivity index (χ2v) is 8.00. The van der Waals surface area contributed by atoms with Crippen LogP contribution in [0, 0.1) is 34.5 Å². The highest BCUT2D eigenvalue weighted by molar-refractivity contribution is 5.14. The summed E-state index contributed by atoms with van der Waals surface area (Å²) in [6.07, 6.45) is 2.96. The Morgan fingerprint density at radius 2 is 1.65 bits per heavy atom. The molecule has 0 aliphatic heterocycles. The lowest BCUT2D eigenvalue weighted by molar-refractivity contribution is -0.220. The SMILES string of the molecule is C[C@H]1[C@H](O)[C@H]2CC(C)(C)C[C@H]2[C@]2(C)C[C@@H](O)[C@H]12. The lowest BCUT2D eigenvalue weighted by atomic mass is 9.43. The fraction of sp³-hybridized carbons (Fsp3) is 1.00. The molecule has 98 valence electrons. The molecule has 0 heterocycles. The quantitative estimate of drug-likeness (QED) is 0.680. The first-order chi connectivity index (χ1) is 7.76. The molecular weight excluding hydrogens is 212 g/mol. The number of aliphatic hydroxyl groups excluding tert-OH is 2. The van der Waals surface area contributed by atoms with Crippen LogP contribution in [0.2, 0.25) is 0 Å². The molecule has 0 bridgehead atoms. The van der Waals surface area contributed by atoms with Crippen LogP contribution in [0.1, 0.15) is 47.0 Å². The summed E-state index contributed by atoms with van der Waals surface area (Å²) in [5.41, 5.74) is 0.658. The van der Waals surface area contributed by atoms with Crippen LogP contribution in [-0.2, 0) is 0 Å². The first-order valence-corrected chi connectivity index (χ1v) is 7.12. The molecule has 0 saturated heterocycles. The number of rotatable bonds is 0. The van der Waals surface area contributed by atoms with Gasteiger partial charge in [-0.1, -0.05) is 27.7 Å². The highest BCUT2D eigenvalue weighted by Crippen LogP contribution is 2.67. The Hall–Kier alpha value is -0.0800. The van der Waals surface area contributed by atoms with Crippen molar-refractivity contribution in [2.75, 3.05) is 0 Å². The first kappa shape index (κ1) is 12.0. The van der Waals surface area contributed by atoms with Crippen molar-refractivity contribution in [3.8, 4) is 0 Å². The first-order valence-electron chi connectivity index (χ1n) is 7.12.